The van der Waals surface area contributed by atoms with E-state index in [1.54, 1.807) is 0 Å². The van der Waals surface area contributed by atoms with Gasteiger partial charge in [-0.25, -0.2) is 9.59 Å². The SMILES string of the molecule is O=C(O)c1[nH]ncc1C(O)C(O)C(=O)O. The van der Waals surface area contributed by atoms with Gasteiger partial charge in [0, 0.05) is 5.56 Å². The maximum absolute atomic E-state index is 10.6. The average Bonchev–Trinajstić information content (AvgIpc) is 2.63. The van der Waals surface area contributed by atoms with E-state index < -0.39 is 29.8 Å². The molecule has 0 aliphatic carbocycles. The maximum atomic E-state index is 10.6. The Morgan fingerprint density at radius 3 is 2.40 bits per heavy atom. The van der Waals surface area contributed by atoms with Crippen LogP contribution >= 0.6 is 0 Å². The molecule has 0 aromatic carbocycles. The number of hydrogen-bond donors (Lipinski definition) is 5. The van der Waals surface area contributed by atoms with Gasteiger partial charge in [0.15, 0.2) is 6.10 Å². The molecule has 82 valence electrons. The number of nitrogens with one attached hydrogen (secondary N) is 1. The van der Waals surface area contributed by atoms with E-state index >= 15 is 0 Å². The molecule has 0 saturated heterocycles. The van der Waals surface area contributed by atoms with Gasteiger partial charge in [0.1, 0.15) is 11.8 Å². The van der Waals surface area contributed by atoms with Gasteiger partial charge >= 0.3 is 11.9 Å². The van der Waals surface area contributed by atoms with Gasteiger partial charge in [0.05, 0.1) is 6.20 Å². The molecule has 0 fully saturated rings. The van der Waals surface area contributed by atoms with E-state index in [1.165, 1.54) is 0 Å². The molecule has 0 amide bonds. The smallest absolute Gasteiger partial charge is 0.354 e. The van der Waals surface area contributed by atoms with Gasteiger partial charge in [0.25, 0.3) is 0 Å². The van der Waals surface area contributed by atoms with Crippen LogP contribution < -0.4 is 0 Å². The molecule has 1 rings (SSSR count). The molecule has 1 heterocycles. The van der Waals surface area contributed by atoms with Crippen molar-refractivity contribution in [2.45, 2.75) is 12.2 Å². The van der Waals surface area contributed by atoms with E-state index in [1.807, 2.05) is 0 Å². The Morgan fingerprint density at radius 2 is 1.93 bits per heavy atom. The summed E-state index contributed by atoms with van der Waals surface area (Å²) in [4.78, 5) is 20.9. The second-order valence-corrected chi connectivity index (χ2v) is 2.73. The number of rotatable bonds is 4. The van der Waals surface area contributed by atoms with Crippen LogP contribution in [0.2, 0.25) is 0 Å². The quantitative estimate of drug-likeness (QED) is 0.415. The third-order valence-electron chi connectivity index (χ3n) is 1.75. The number of aliphatic carboxylic acids is 1. The highest BCUT2D eigenvalue weighted by Gasteiger charge is 2.29. The van der Waals surface area contributed by atoms with Crippen LogP contribution in [-0.2, 0) is 4.79 Å². The van der Waals surface area contributed by atoms with Crippen molar-refractivity contribution < 1.29 is 30.0 Å². The van der Waals surface area contributed by atoms with Crippen LogP contribution in [-0.4, -0.2) is 48.7 Å². The van der Waals surface area contributed by atoms with Crippen LogP contribution in [0.25, 0.3) is 0 Å². The summed E-state index contributed by atoms with van der Waals surface area (Å²) in [5.41, 5.74) is -0.736. The zero-order valence-corrected chi connectivity index (χ0v) is 7.28. The molecule has 5 N–H and O–H groups in total. The highest BCUT2D eigenvalue weighted by Crippen LogP contribution is 2.19. The third-order valence-corrected chi connectivity index (χ3v) is 1.75. The van der Waals surface area contributed by atoms with E-state index in [-0.39, 0.29) is 5.56 Å². The fraction of sp³-hybridized carbons (Fsp3) is 0.286. The van der Waals surface area contributed by atoms with Crippen molar-refractivity contribution in [3.05, 3.63) is 17.5 Å². The topological polar surface area (TPSA) is 144 Å². The lowest BCUT2D eigenvalue weighted by atomic mass is 10.1. The Hall–Kier alpha value is -1.93. The molecule has 0 aliphatic rings. The first kappa shape index (κ1) is 11.1. The Labute approximate surface area is 82.8 Å². The number of carboxylic acid groups (broad SMARTS) is 2. The number of carbonyl (C=O) groups is 2. The maximum Gasteiger partial charge on any atom is 0.354 e. The zero-order valence-electron chi connectivity index (χ0n) is 7.28. The van der Waals surface area contributed by atoms with Crippen LogP contribution in [0, 0.1) is 0 Å². The minimum Gasteiger partial charge on any atom is -0.479 e. The van der Waals surface area contributed by atoms with Gasteiger partial charge < -0.3 is 20.4 Å². The Morgan fingerprint density at radius 1 is 1.33 bits per heavy atom. The predicted octanol–water partition coefficient (Wildman–Crippen LogP) is -1.41. The van der Waals surface area contributed by atoms with E-state index in [9.17, 15) is 14.7 Å². The van der Waals surface area contributed by atoms with Crippen LogP contribution in [0.4, 0.5) is 0 Å². The largest absolute Gasteiger partial charge is 0.479 e. The molecule has 0 aliphatic heterocycles. The first-order valence-electron chi connectivity index (χ1n) is 3.80. The van der Waals surface area contributed by atoms with Crippen molar-refractivity contribution >= 4 is 11.9 Å². The van der Waals surface area contributed by atoms with Crippen molar-refractivity contribution in [2.75, 3.05) is 0 Å². The first-order valence-corrected chi connectivity index (χ1v) is 3.80. The molecule has 0 saturated carbocycles. The lowest BCUT2D eigenvalue weighted by Crippen LogP contribution is -2.28. The summed E-state index contributed by atoms with van der Waals surface area (Å²) in [6, 6.07) is 0. The monoisotopic (exact) mass is 216 g/mol. The van der Waals surface area contributed by atoms with E-state index in [0.29, 0.717) is 0 Å². The number of hydrogen-bond acceptors (Lipinski definition) is 5. The van der Waals surface area contributed by atoms with Crippen LogP contribution in [0.15, 0.2) is 6.20 Å². The lowest BCUT2D eigenvalue weighted by molar-refractivity contribution is -0.153. The summed E-state index contributed by atoms with van der Waals surface area (Å²) in [5.74, 6) is -3.06. The second kappa shape index (κ2) is 4.07. The van der Waals surface area contributed by atoms with Crippen molar-refractivity contribution in [1.29, 1.82) is 0 Å². The Balaban J connectivity index is 3.00. The van der Waals surface area contributed by atoms with Gasteiger partial charge in [0.2, 0.25) is 0 Å². The zero-order chi connectivity index (χ0) is 11.6. The third kappa shape index (κ3) is 2.11. The summed E-state index contributed by atoms with van der Waals surface area (Å²) < 4.78 is 0. The molecule has 2 atom stereocenters. The number of carboxylic acids is 2. The minimum absolute atomic E-state index is 0.280. The normalized spacial score (nSPS) is 14.5. The van der Waals surface area contributed by atoms with E-state index in [4.69, 9.17) is 15.3 Å². The lowest BCUT2D eigenvalue weighted by Gasteiger charge is -2.12. The molecule has 0 spiro atoms. The average molecular weight is 216 g/mol. The summed E-state index contributed by atoms with van der Waals surface area (Å²) in [7, 11) is 0. The van der Waals surface area contributed by atoms with Crippen LogP contribution in [0.1, 0.15) is 22.2 Å². The van der Waals surface area contributed by atoms with Crippen molar-refractivity contribution in [3.8, 4) is 0 Å². The van der Waals surface area contributed by atoms with Gasteiger partial charge in [-0.2, -0.15) is 5.10 Å². The van der Waals surface area contributed by atoms with Gasteiger partial charge in [-0.15, -0.1) is 0 Å². The molecular formula is C7H8N2O6. The number of aliphatic hydroxyl groups excluding tert-OH is 2. The molecule has 8 heteroatoms. The number of aliphatic hydroxyl groups is 2. The molecule has 8 nitrogen and oxygen atoms in total. The molecule has 2 unspecified atom stereocenters. The Bertz CT molecular complexity index is 387. The number of aromatic nitrogens is 2. The fourth-order valence-electron chi connectivity index (χ4n) is 0.996. The molecule has 15 heavy (non-hydrogen) atoms. The molecule has 1 aromatic rings. The first-order chi connectivity index (χ1) is 6.95. The highest BCUT2D eigenvalue weighted by molar-refractivity contribution is 5.87. The predicted molar refractivity (Wildman–Crippen MR) is 44.1 cm³/mol. The summed E-state index contributed by atoms with van der Waals surface area (Å²) in [5, 5.41) is 40.7. The summed E-state index contributed by atoms with van der Waals surface area (Å²) >= 11 is 0. The number of H-pyrrole nitrogens is 1. The van der Waals surface area contributed by atoms with E-state index in [0.717, 1.165) is 6.20 Å². The standard InChI is InChI=1S/C7H8N2O6/c10-4(5(11)7(14)15)2-1-8-9-3(2)6(12)13/h1,4-5,10-11H,(H,8,9)(H,12,13)(H,14,15). The van der Waals surface area contributed by atoms with E-state index in [2.05, 4.69) is 10.2 Å². The number of aromatic amines is 1. The summed E-state index contributed by atoms with van der Waals surface area (Å²) in [6.45, 7) is 0. The fourth-order valence-corrected chi connectivity index (χ4v) is 0.996. The second-order valence-electron chi connectivity index (χ2n) is 2.73. The van der Waals surface area contributed by atoms with Crippen LogP contribution in [0.3, 0.4) is 0 Å². The van der Waals surface area contributed by atoms with Crippen molar-refractivity contribution in [3.63, 3.8) is 0 Å². The molecule has 0 radical (unpaired) electrons. The minimum atomic E-state index is -2.10. The number of nitrogens with zero attached hydrogens (tertiary/aromatic N) is 1. The van der Waals surface area contributed by atoms with Gasteiger partial charge in [-0.1, -0.05) is 0 Å². The van der Waals surface area contributed by atoms with Crippen molar-refractivity contribution in [2.24, 2.45) is 0 Å². The van der Waals surface area contributed by atoms with Gasteiger partial charge in [-0.05, 0) is 0 Å². The molecule has 0 bridgehead atoms. The van der Waals surface area contributed by atoms with Crippen molar-refractivity contribution in [1.82, 2.24) is 10.2 Å². The van der Waals surface area contributed by atoms with Gasteiger partial charge in [-0.3, -0.25) is 5.10 Å². The highest BCUT2D eigenvalue weighted by atomic mass is 16.4. The number of aromatic carboxylic acids is 1. The van der Waals surface area contributed by atoms with Crippen LogP contribution in [0.5, 0.6) is 0 Å². The molecule has 1 aromatic heterocycles. The molecular weight excluding hydrogens is 208 g/mol. The summed E-state index contributed by atoms with van der Waals surface area (Å²) in [6.07, 6.45) is -2.99. The Kier molecular flexibility index (Phi) is 3.02.